The van der Waals surface area contributed by atoms with Crippen molar-refractivity contribution in [3.8, 4) is 0 Å². The van der Waals surface area contributed by atoms with E-state index < -0.39 is 0 Å². The summed E-state index contributed by atoms with van der Waals surface area (Å²) in [5.74, 6) is 2.23. The van der Waals surface area contributed by atoms with Crippen LogP contribution in [0.3, 0.4) is 0 Å². The van der Waals surface area contributed by atoms with Gasteiger partial charge in [0.25, 0.3) is 5.91 Å². The maximum atomic E-state index is 13.1. The zero-order chi connectivity index (χ0) is 21.8. The van der Waals surface area contributed by atoms with E-state index in [0.29, 0.717) is 37.8 Å². The van der Waals surface area contributed by atoms with Gasteiger partial charge >= 0.3 is 0 Å². The van der Waals surface area contributed by atoms with Crippen molar-refractivity contribution < 1.29 is 9.53 Å². The third-order valence-corrected chi connectivity index (χ3v) is 6.26. The summed E-state index contributed by atoms with van der Waals surface area (Å²) in [5, 5.41) is 3.26. The van der Waals surface area contributed by atoms with Crippen LogP contribution >= 0.6 is 0 Å². The van der Waals surface area contributed by atoms with Crippen LogP contribution < -0.4 is 5.32 Å². The number of carbonyl (C=O) groups is 1. The Morgan fingerprint density at radius 2 is 2.03 bits per heavy atom. The molecule has 7 heteroatoms. The quantitative estimate of drug-likeness (QED) is 0.770. The highest BCUT2D eigenvalue weighted by atomic mass is 16.5. The van der Waals surface area contributed by atoms with E-state index in [-0.39, 0.29) is 5.91 Å². The number of ether oxygens (including phenoxy) is 1. The Balaban J connectivity index is 1.50. The lowest BCUT2D eigenvalue weighted by Crippen LogP contribution is -2.37. The number of likely N-dealkylation sites (tertiary alicyclic amines) is 1. The highest BCUT2D eigenvalue weighted by molar-refractivity contribution is 5.94. The number of nitrogens with zero attached hydrogens (tertiary/aromatic N) is 4. The first-order valence-electron chi connectivity index (χ1n) is 11.3. The molecule has 0 radical (unpaired) electrons. The maximum Gasteiger partial charge on any atom is 0.254 e. The molecule has 1 N–H and O–H groups in total. The van der Waals surface area contributed by atoms with Crippen molar-refractivity contribution in [1.82, 2.24) is 19.8 Å². The summed E-state index contributed by atoms with van der Waals surface area (Å²) in [4.78, 5) is 27.2. The van der Waals surface area contributed by atoms with Gasteiger partial charge in [0.05, 0.1) is 18.8 Å². The molecule has 1 fully saturated rings. The van der Waals surface area contributed by atoms with E-state index in [4.69, 9.17) is 14.7 Å². The van der Waals surface area contributed by atoms with Crippen LogP contribution in [0, 0.1) is 0 Å². The van der Waals surface area contributed by atoms with Gasteiger partial charge in [0.2, 0.25) is 0 Å². The van der Waals surface area contributed by atoms with Gasteiger partial charge < -0.3 is 19.9 Å². The van der Waals surface area contributed by atoms with E-state index in [1.807, 2.05) is 43.1 Å². The highest BCUT2D eigenvalue weighted by Crippen LogP contribution is 2.30. The lowest BCUT2D eigenvalue weighted by molar-refractivity contribution is 0.0733. The number of benzene rings is 1. The molecule has 1 saturated heterocycles. The number of fused-ring (bicyclic) bond motifs is 1. The predicted octanol–water partition coefficient (Wildman–Crippen LogP) is 3.06. The molecule has 2 aliphatic rings. The van der Waals surface area contributed by atoms with Crippen LogP contribution in [0.25, 0.3) is 0 Å². The Hall–Kier alpha value is -2.51. The topological polar surface area (TPSA) is 70.6 Å². The average Bonchev–Trinajstić information content (AvgIpc) is 2.81. The van der Waals surface area contributed by atoms with Crippen molar-refractivity contribution in [2.45, 2.75) is 45.3 Å². The molecule has 166 valence electrons. The summed E-state index contributed by atoms with van der Waals surface area (Å²) in [7, 11) is 4.06. The number of aromatic nitrogens is 2. The van der Waals surface area contributed by atoms with Crippen molar-refractivity contribution >= 4 is 11.7 Å². The lowest BCUT2D eigenvalue weighted by atomic mass is 9.96. The first-order chi connectivity index (χ1) is 15.1. The van der Waals surface area contributed by atoms with E-state index in [2.05, 4.69) is 17.3 Å². The third kappa shape index (κ3) is 4.88. The molecule has 31 heavy (non-hydrogen) atoms. The minimum atomic E-state index is 0.0497. The molecule has 0 saturated carbocycles. The second-order valence-corrected chi connectivity index (χ2v) is 8.52. The van der Waals surface area contributed by atoms with Crippen LogP contribution in [0.1, 0.15) is 58.7 Å². The van der Waals surface area contributed by atoms with Crippen LogP contribution in [0.5, 0.6) is 0 Å². The zero-order valence-corrected chi connectivity index (χ0v) is 18.9. The molecule has 0 spiro atoms. The largest absolute Gasteiger partial charge is 0.377 e. The summed E-state index contributed by atoms with van der Waals surface area (Å²) in [6.07, 6.45) is 3.08. The molecule has 1 atom stereocenters. The van der Waals surface area contributed by atoms with Gasteiger partial charge in [-0.1, -0.05) is 12.1 Å². The van der Waals surface area contributed by atoms with Crippen molar-refractivity contribution in [3.05, 3.63) is 52.5 Å². The molecule has 7 nitrogen and oxygen atoms in total. The van der Waals surface area contributed by atoms with Crippen molar-refractivity contribution in [2.24, 2.45) is 0 Å². The molecule has 3 heterocycles. The second-order valence-electron chi connectivity index (χ2n) is 8.52. The highest BCUT2D eigenvalue weighted by Gasteiger charge is 2.28. The summed E-state index contributed by atoms with van der Waals surface area (Å²) >= 11 is 0. The molecule has 1 aromatic carbocycles. The Morgan fingerprint density at radius 3 is 2.74 bits per heavy atom. The number of hydrogen-bond donors (Lipinski definition) is 1. The van der Waals surface area contributed by atoms with Gasteiger partial charge in [-0.15, -0.1) is 0 Å². The molecule has 0 unspecified atom stereocenters. The van der Waals surface area contributed by atoms with Gasteiger partial charge in [0.1, 0.15) is 11.6 Å². The average molecular weight is 424 g/mol. The second kappa shape index (κ2) is 9.75. The minimum absolute atomic E-state index is 0.0497. The standard InChI is InChI=1S/C24H33N5O2/c1-4-31-16-17-7-9-18(10-8-17)24(30)29-13-11-21-20(15-29)23(25-2)27-22(26-21)19-6-5-12-28(3)14-19/h7-10,19H,4-6,11-16H2,1-3H3,(H,25,26,27)/t19-/m1/s1. The minimum Gasteiger partial charge on any atom is -0.377 e. The van der Waals surface area contributed by atoms with Crippen molar-refractivity contribution in [1.29, 1.82) is 0 Å². The third-order valence-electron chi connectivity index (χ3n) is 6.26. The smallest absolute Gasteiger partial charge is 0.254 e. The fourth-order valence-electron chi connectivity index (χ4n) is 4.52. The fraction of sp³-hybridized carbons (Fsp3) is 0.542. The van der Waals surface area contributed by atoms with E-state index >= 15 is 0 Å². The number of piperidine rings is 1. The first kappa shape index (κ1) is 21.7. The number of rotatable bonds is 6. The molecule has 1 amide bonds. The Bertz CT molecular complexity index is 898. The fourth-order valence-corrected chi connectivity index (χ4v) is 4.52. The molecular formula is C24H33N5O2. The summed E-state index contributed by atoms with van der Waals surface area (Å²) in [5.41, 5.74) is 3.91. The number of amides is 1. The molecule has 0 bridgehead atoms. The van der Waals surface area contributed by atoms with Crippen LogP contribution in [0.4, 0.5) is 5.82 Å². The van der Waals surface area contributed by atoms with Gasteiger partial charge in [-0.3, -0.25) is 4.79 Å². The number of likely N-dealkylation sites (N-methyl/N-ethyl adjacent to an activating group) is 1. The van der Waals surface area contributed by atoms with Crippen LogP contribution in [-0.2, 0) is 24.3 Å². The first-order valence-corrected chi connectivity index (χ1v) is 11.3. The van der Waals surface area contributed by atoms with Crippen LogP contribution in [0.2, 0.25) is 0 Å². The van der Waals surface area contributed by atoms with Crippen LogP contribution in [-0.4, -0.2) is 66.0 Å². The van der Waals surface area contributed by atoms with E-state index in [1.54, 1.807) is 0 Å². The van der Waals surface area contributed by atoms with E-state index in [9.17, 15) is 4.79 Å². The SMILES string of the molecule is CCOCc1ccc(C(=O)N2CCc3nc([C@@H]4CCCN(C)C4)nc(NC)c3C2)cc1. The number of hydrogen-bond acceptors (Lipinski definition) is 6. The Labute approximate surface area is 184 Å². The maximum absolute atomic E-state index is 13.1. The molecule has 4 rings (SSSR count). The van der Waals surface area contributed by atoms with Gasteiger partial charge in [0.15, 0.2) is 0 Å². The summed E-state index contributed by atoms with van der Waals surface area (Å²) in [6.45, 7) is 6.60. The predicted molar refractivity (Wildman–Crippen MR) is 121 cm³/mol. The van der Waals surface area contributed by atoms with Gasteiger partial charge in [-0.25, -0.2) is 9.97 Å². The molecule has 0 aliphatic carbocycles. The van der Waals surface area contributed by atoms with E-state index in [1.165, 1.54) is 6.42 Å². The zero-order valence-electron chi connectivity index (χ0n) is 18.9. The van der Waals surface area contributed by atoms with E-state index in [0.717, 1.165) is 54.4 Å². The van der Waals surface area contributed by atoms with Gasteiger partial charge in [-0.05, 0) is 51.1 Å². The monoisotopic (exact) mass is 423 g/mol. The van der Waals surface area contributed by atoms with Crippen molar-refractivity contribution in [2.75, 3.05) is 45.7 Å². The molecule has 2 aliphatic heterocycles. The number of carbonyl (C=O) groups excluding carboxylic acids is 1. The summed E-state index contributed by atoms with van der Waals surface area (Å²) < 4.78 is 5.44. The molecule has 2 aromatic rings. The molecular weight excluding hydrogens is 390 g/mol. The lowest BCUT2D eigenvalue weighted by Gasteiger charge is -2.32. The van der Waals surface area contributed by atoms with Gasteiger partial charge in [0, 0.05) is 50.2 Å². The van der Waals surface area contributed by atoms with Crippen LogP contribution in [0.15, 0.2) is 24.3 Å². The van der Waals surface area contributed by atoms with Crippen molar-refractivity contribution in [3.63, 3.8) is 0 Å². The van der Waals surface area contributed by atoms with Gasteiger partial charge in [-0.2, -0.15) is 0 Å². The number of nitrogens with one attached hydrogen (secondary N) is 1. The molecule has 1 aromatic heterocycles. The summed E-state index contributed by atoms with van der Waals surface area (Å²) in [6, 6.07) is 7.72. The normalized spacial score (nSPS) is 19.2. The number of anilines is 1. The Kier molecular flexibility index (Phi) is 6.83. The Morgan fingerprint density at radius 1 is 1.23 bits per heavy atom.